The van der Waals surface area contributed by atoms with Crippen LogP contribution < -0.4 is 0 Å². The summed E-state index contributed by atoms with van der Waals surface area (Å²) in [6, 6.07) is 3.85. The molecule has 0 aromatic carbocycles. The predicted octanol–water partition coefficient (Wildman–Crippen LogP) is 1.99. The Labute approximate surface area is 138 Å². The SMILES string of the molecule is O=C(Cc1cccs1)N1CCC(O)(CN2CCC(F)(F)CC2)C1. The summed E-state index contributed by atoms with van der Waals surface area (Å²) in [7, 11) is 0. The first-order valence-corrected chi connectivity index (χ1v) is 8.86. The number of aliphatic hydroxyl groups is 1. The molecule has 128 valence electrons. The highest BCUT2D eigenvalue weighted by Gasteiger charge is 2.42. The Bertz CT molecular complexity index is 542. The highest BCUT2D eigenvalue weighted by molar-refractivity contribution is 7.10. The van der Waals surface area contributed by atoms with E-state index in [2.05, 4.69) is 0 Å². The van der Waals surface area contributed by atoms with Gasteiger partial charge in [-0.3, -0.25) is 9.69 Å². The number of amides is 1. The van der Waals surface area contributed by atoms with Crippen LogP contribution >= 0.6 is 11.3 Å². The van der Waals surface area contributed by atoms with Crippen LogP contribution in [0.25, 0.3) is 0 Å². The molecule has 0 radical (unpaired) electrons. The number of thiophene rings is 1. The molecule has 7 heteroatoms. The average molecular weight is 344 g/mol. The second-order valence-corrected chi connectivity index (χ2v) is 7.71. The fourth-order valence-electron chi connectivity index (χ4n) is 3.33. The summed E-state index contributed by atoms with van der Waals surface area (Å²) >= 11 is 1.55. The van der Waals surface area contributed by atoms with Gasteiger partial charge in [0.15, 0.2) is 0 Å². The van der Waals surface area contributed by atoms with Gasteiger partial charge >= 0.3 is 0 Å². The van der Waals surface area contributed by atoms with Crippen molar-refractivity contribution in [3.05, 3.63) is 22.4 Å². The highest BCUT2D eigenvalue weighted by atomic mass is 32.1. The quantitative estimate of drug-likeness (QED) is 0.908. The van der Waals surface area contributed by atoms with Crippen molar-refractivity contribution >= 4 is 17.2 Å². The largest absolute Gasteiger partial charge is 0.387 e. The van der Waals surface area contributed by atoms with E-state index >= 15 is 0 Å². The molecule has 2 saturated heterocycles. The lowest BCUT2D eigenvalue weighted by atomic mass is 10.00. The molecule has 3 heterocycles. The minimum Gasteiger partial charge on any atom is -0.387 e. The van der Waals surface area contributed by atoms with Gasteiger partial charge in [0.2, 0.25) is 5.91 Å². The van der Waals surface area contributed by atoms with E-state index in [4.69, 9.17) is 0 Å². The highest BCUT2D eigenvalue weighted by Crippen LogP contribution is 2.30. The first-order chi connectivity index (χ1) is 10.9. The Morgan fingerprint density at radius 3 is 2.65 bits per heavy atom. The summed E-state index contributed by atoms with van der Waals surface area (Å²) in [4.78, 5) is 16.9. The van der Waals surface area contributed by atoms with Gasteiger partial charge in [-0.1, -0.05) is 6.07 Å². The van der Waals surface area contributed by atoms with Gasteiger partial charge in [0.05, 0.1) is 18.6 Å². The number of nitrogens with zero attached hydrogens (tertiary/aromatic N) is 2. The number of carbonyl (C=O) groups is 1. The number of alkyl halides is 2. The van der Waals surface area contributed by atoms with Crippen molar-refractivity contribution in [2.45, 2.75) is 37.2 Å². The van der Waals surface area contributed by atoms with E-state index in [1.165, 1.54) is 0 Å². The van der Waals surface area contributed by atoms with Crippen LogP contribution in [0.5, 0.6) is 0 Å². The van der Waals surface area contributed by atoms with Crippen molar-refractivity contribution in [2.24, 2.45) is 0 Å². The molecule has 2 aliphatic rings. The van der Waals surface area contributed by atoms with Crippen LogP contribution in [0, 0.1) is 0 Å². The van der Waals surface area contributed by atoms with Crippen LogP contribution in [0.4, 0.5) is 8.78 Å². The van der Waals surface area contributed by atoms with Gasteiger partial charge in [0.25, 0.3) is 5.92 Å². The number of rotatable bonds is 4. The Morgan fingerprint density at radius 2 is 2.00 bits per heavy atom. The van der Waals surface area contributed by atoms with Crippen LogP contribution in [0.2, 0.25) is 0 Å². The summed E-state index contributed by atoms with van der Waals surface area (Å²) < 4.78 is 26.4. The van der Waals surface area contributed by atoms with Crippen molar-refractivity contribution < 1.29 is 18.7 Å². The summed E-state index contributed by atoms with van der Waals surface area (Å²) in [5.74, 6) is -2.55. The molecule has 1 aromatic rings. The minimum absolute atomic E-state index is 0.0218. The average Bonchev–Trinajstić information content (AvgIpc) is 3.11. The summed E-state index contributed by atoms with van der Waals surface area (Å²) in [5, 5.41) is 12.6. The molecule has 4 nitrogen and oxygen atoms in total. The molecule has 0 bridgehead atoms. The summed E-state index contributed by atoms with van der Waals surface area (Å²) in [6.45, 7) is 1.80. The van der Waals surface area contributed by atoms with Gasteiger partial charge in [-0.25, -0.2) is 8.78 Å². The lowest BCUT2D eigenvalue weighted by molar-refractivity contribution is -0.130. The van der Waals surface area contributed by atoms with E-state index in [9.17, 15) is 18.7 Å². The van der Waals surface area contributed by atoms with Crippen LogP contribution in [-0.4, -0.2) is 65.1 Å². The fraction of sp³-hybridized carbons (Fsp3) is 0.688. The molecule has 1 amide bonds. The van der Waals surface area contributed by atoms with Gasteiger partial charge in [0.1, 0.15) is 0 Å². The van der Waals surface area contributed by atoms with E-state index in [1.54, 1.807) is 16.2 Å². The third kappa shape index (κ3) is 4.28. The third-order valence-corrected chi connectivity index (χ3v) is 5.57. The number of hydrogen-bond donors (Lipinski definition) is 1. The molecule has 2 fully saturated rings. The third-order valence-electron chi connectivity index (χ3n) is 4.70. The molecule has 1 aromatic heterocycles. The van der Waals surface area contributed by atoms with E-state index in [1.807, 2.05) is 22.4 Å². The smallest absolute Gasteiger partial charge is 0.250 e. The molecular formula is C16H22F2N2O2S. The predicted molar refractivity (Wildman–Crippen MR) is 84.8 cm³/mol. The van der Waals surface area contributed by atoms with Crippen LogP contribution in [0.15, 0.2) is 17.5 Å². The molecule has 1 N–H and O–H groups in total. The zero-order valence-electron chi connectivity index (χ0n) is 13.0. The molecule has 1 unspecified atom stereocenters. The number of likely N-dealkylation sites (tertiary alicyclic amines) is 2. The lowest BCUT2D eigenvalue weighted by Gasteiger charge is -2.36. The Morgan fingerprint density at radius 1 is 1.26 bits per heavy atom. The second-order valence-electron chi connectivity index (χ2n) is 6.68. The van der Waals surface area contributed by atoms with Crippen molar-refractivity contribution in [1.29, 1.82) is 0 Å². The fourth-order valence-corrected chi connectivity index (χ4v) is 4.02. The zero-order chi connectivity index (χ0) is 16.5. The Kier molecular flexibility index (Phi) is 4.71. The normalized spacial score (nSPS) is 28.2. The number of carbonyl (C=O) groups excluding carboxylic acids is 1. The van der Waals surface area contributed by atoms with Gasteiger partial charge in [0, 0.05) is 43.9 Å². The van der Waals surface area contributed by atoms with Crippen molar-refractivity contribution in [2.75, 3.05) is 32.7 Å². The van der Waals surface area contributed by atoms with E-state index in [0.717, 1.165) is 4.88 Å². The maximum Gasteiger partial charge on any atom is 0.250 e. The topological polar surface area (TPSA) is 43.8 Å². The van der Waals surface area contributed by atoms with Crippen molar-refractivity contribution in [3.63, 3.8) is 0 Å². The maximum absolute atomic E-state index is 13.2. The van der Waals surface area contributed by atoms with Gasteiger partial charge in [-0.2, -0.15) is 0 Å². The first kappa shape index (κ1) is 16.8. The number of hydrogen-bond acceptors (Lipinski definition) is 4. The summed E-state index contributed by atoms with van der Waals surface area (Å²) in [5.41, 5.74) is -0.974. The maximum atomic E-state index is 13.2. The Balaban J connectivity index is 1.50. The van der Waals surface area contributed by atoms with Crippen molar-refractivity contribution in [1.82, 2.24) is 9.80 Å². The standard InChI is InChI=1S/C16H22F2N2O2S/c17-16(18)4-6-19(7-5-16)11-15(22)3-8-20(12-15)14(21)10-13-2-1-9-23-13/h1-2,9,22H,3-8,10-12H2. The molecule has 2 aliphatic heterocycles. The molecule has 0 spiro atoms. The molecular weight excluding hydrogens is 322 g/mol. The molecule has 23 heavy (non-hydrogen) atoms. The lowest BCUT2D eigenvalue weighted by Crippen LogP contribution is -2.49. The zero-order valence-corrected chi connectivity index (χ0v) is 13.8. The van der Waals surface area contributed by atoms with E-state index in [-0.39, 0.29) is 18.7 Å². The molecule has 0 saturated carbocycles. The van der Waals surface area contributed by atoms with Crippen LogP contribution in [0.3, 0.4) is 0 Å². The number of piperidine rings is 1. The summed E-state index contributed by atoms with van der Waals surface area (Å²) in [6.07, 6.45) is 0.577. The number of halogens is 2. The molecule has 0 aliphatic carbocycles. The van der Waals surface area contributed by atoms with Crippen LogP contribution in [0.1, 0.15) is 24.1 Å². The molecule has 3 rings (SSSR count). The van der Waals surface area contributed by atoms with Gasteiger partial charge in [-0.15, -0.1) is 11.3 Å². The van der Waals surface area contributed by atoms with Gasteiger partial charge in [-0.05, 0) is 17.9 Å². The van der Waals surface area contributed by atoms with Crippen molar-refractivity contribution in [3.8, 4) is 0 Å². The van der Waals surface area contributed by atoms with E-state index < -0.39 is 11.5 Å². The molecule has 1 atom stereocenters. The van der Waals surface area contributed by atoms with Gasteiger partial charge < -0.3 is 10.0 Å². The van der Waals surface area contributed by atoms with Crippen LogP contribution in [-0.2, 0) is 11.2 Å². The van der Waals surface area contributed by atoms with E-state index in [0.29, 0.717) is 45.6 Å². The second kappa shape index (κ2) is 6.45. The first-order valence-electron chi connectivity index (χ1n) is 7.98. The monoisotopic (exact) mass is 344 g/mol. The number of β-amino-alcohol motifs (C(OH)–C–C–N with tert-alkyl or cyclic N) is 1. The minimum atomic E-state index is -2.57. The Hall–Kier alpha value is -1.05.